The maximum atomic E-state index is 14.0. The van der Waals surface area contributed by atoms with Gasteiger partial charge < -0.3 is 10.6 Å². The molecule has 1 heterocycles. The molecular formula is C30H31N3O2. The summed E-state index contributed by atoms with van der Waals surface area (Å²) in [5.41, 5.74) is 2.97. The van der Waals surface area contributed by atoms with Crippen LogP contribution in [0.3, 0.4) is 0 Å². The van der Waals surface area contributed by atoms with E-state index in [1.54, 1.807) is 4.57 Å². The molecule has 0 unspecified atom stereocenters. The number of rotatable bonds is 9. The van der Waals surface area contributed by atoms with E-state index in [4.69, 9.17) is 0 Å². The maximum absolute atomic E-state index is 14.0. The molecule has 0 saturated heterocycles. The van der Waals surface area contributed by atoms with Gasteiger partial charge in [-0.25, -0.2) is 0 Å². The van der Waals surface area contributed by atoms with Crippen molar-refractivity contribution in [2.24, 2.45) is 5.92 Å². The fourth-order valence-corrected chi connectivity index (χ4v) is 4.72. The fourth-order valence-electron chi connectivity index (χ4n) is 4.72. The molecule has 2 N–H and O–H groups in total. The van der Waals surface area contributed by atoms with Gasteiger partial charge in [0.2, 0.25) is 0 Å². The third kappa shape index (κ3) is 4.91. The van der Waals surface area contributed by atoms with E-state index in [9.17, 15) is 9.59 Å². The molecule has 5 heteroatoms. The molecule has 1 fully saturated rings. The number of fused-ring (bicyclic) bond motifs is 1. The Morgan fingerprint density at radius 1 is 0.914 bits per heavy atom. The molecule has 0 aliphatic heterocycles. The molecule has 5 nitrogen and oxygen atoms in total. The number of aromatic nitrogens is 1. The highest BCUT2D eigenvalue weighted by atomic mass is 16.2. The van der Waals surface area contributed by atoms with Gasteiger partial charge >= 0.3 is 0 Å². The predicted octanol–water partition coefficient (Wildman–Crippen LogP) is 5.37. The van der Waals surface area contributed by atoms with Crippen LogP contribution in [0.1, 0.15) is 53.8 Å². The van der Waals surface area contributed by atoms with Crippen LogP contribution in [0.2, 0.25) is 0 Å². The van der Waals surface area contributed by atoms with Gasteiger partial charge in [-0.05, 0) is 55.5 Å². The Hall–Kier alpha value is -3.70. The zero-order valence-corrected chi connectivity index (χ0v) is 20.0. The van der Waals surface area contributed by atoms with E-state index in [2.05, 4.69) is 17.6 Å². The molecule has 1 aliphatic rings. The summed E-state index contributed by atoms with van der Waals surface area (Å²) < 4.78 is 1.71. The molecule has 1 saturated carbocycles. The van der Waals surface area contributed by atoms with Crippen molar-refractivity contribution in [2.45, 2.75) is 38.8 Å². The Kier molecular flexibility index (Phi) is 6.77. The van der Waals surface area contributed by atoms with E-state index in [1.807, 2.05) is 84.9 Å². The van der Waals surface area contributed by atoms with Crippen LogP contribution in [0, 0.1) is 5.92 Å². The summed E-state index contributed by atoms with van der Waals surface area (Å²) in [7, 11) is 0. The molecule has 4 aromatic rings. The van der Waals surface area contributed by atoms with E-state index in [1.165, 1.54) is 12.8 Å². The molecule has 0 bridgehead atoms. The largest absolute Gasteiger partial charge is 0.345 e. The number of benzene rings is 3. The lowest BCUT2D eigenvalue weighted by molar-refractivity contribution is 0.0935. The highest BCUT2D eigenvalue weighted by Crippen LogP contribution is 2.28. The number of nitrogens with zero attached hydrogens (tertiary/aromatic N) is 1. The molecule has 1 aromatic heterocycles. The highest BCUT2D eigenvalue weighted by molar-refractivity contribution is 6.08. The Bertz CT molecular complexity index is 1380. The molecule has 0 spiro atoms. The van der Waals surface area contributed by atoms with Crippen molar-refractivity contribution >= 4 is 16.7 Å². The number of para-hydroxylation sites is 1. The fraction of sp³-hybridized carbons (Fsp3) is 0.267. The molecule has 1 aliphatic carbocycles. The number of carbonyl (C=O) groups is 1. The first-order chi connectivity index (χ1) is 17.2. The van der Waals surface area contributed by atoms with E-state index in [0.29, 0.717) is 34.5 Å². The van der Waals surface area contributed by atoms with Crippen LogP contribution in [-0.2, 0) is 6.54 Å². The first-order valence-corrected chi connectivity index (χ1v) is 12.5. The lowest BCUT2D eigenvalue weighted by Crippen LogP contribution is -2.34. The van der Waals surface area contributed by atoms with Crippen LogP contribution in [0.5, 0.6) is 0 Å². The van der Waals surface area contributed by atoms with Crippen LogP contribution in [0.25, 0.3) is 16.5 Å². The van der Waals surface area contributed by atoms with Crippen molar-refractivity contribution < 1.29 is 4.79 Å². The summed E-state index contributed by atoms with van der Waals surface area (Å²) in [5.74, 6) is 0.525. The smallest absolute Gasteiger partial charge is 0.263 e. The van der Waals surface area contributed by atoms with Crippen molar-refractivity contribution in [3.63, 3.8) is 0 Å². The predicted molar refractivity (Wildman–Crippen MR) is 141 cm³/mol. The highest BCUT2D eigenvalue weighted by Gasteiger charge is 2.25. The second-order valence-corrected chi connectivity index (χ2v) is 9.26. The number of hydrogen-bond donors (Lipinski definition) is 2. The minimum Gasteiger partial charge on any atom is -0.345 e. The molecule has 178 valence electrons. The lowest BCUT2D eigenvalue weighted by Gasteiger charge is -2.23. The normalized spacial score (nSPS) is 14.1. The van der Waals surface area contributed by atoms with E-state index in [0.717, 1.165) is 24.2 Å². The second-order valence-electron chi connectivity index (χ2n) is 9.26. The lowest BCUT2D eigenvalue weighted by atomic mass is 9.99. The van der Waals surface area contributed by atoms with Crippen LogP contribution in [0.15, 0.2) is 89.7 Å². The standard InChI is InChI=1S/C30H31N3O2/c1-2-26(22-11-5-3-6-12-22)32-29(34)28-24-15-9-10-16-25(24)30(35)33(23-13-7-4-8-14-23)27(28)20-31-19-21-17-18-21/h3-16,21,26,31H,2,17-20H2,1H3,(H,32,34)/t26-/m0/s1. The minimum atomic E-state index is -0.162. The monoisotopic (exact) mass is 465 g/mol. The van der Waals surface area contributed by atoms with E-state index >= 15 is 0 Å². The first-order valence-electron chi connectivity index (χ1n) is 12.5. The molecule has 3 aromatic carbocycles. The SMILES string of the molecule is CC[C@H](NC(=O)c1c(CNCC2CC2)n(-c2ccccc2)c(=O)c2ccccc12)c1ccccc1. The number of amides is 1. The first kappa shape index (κ1) is 23.1. The van der Waals surface area contributed by atoms with Gasteiger partial charge in [-0.3, -0.25) is 14.2 Å². The average molecular weight is 466 g/mol. The quantitative estimate of drug-likeness (QED) is 0.349. The van der Waals surface area contributed by atoms with Crippen molar-refractivity contribution in [1.29, 1.82) is 0 Å². The average Bonchev–Trinajstić information content (AvgIpc) is 3.73. The third-order valence-corrected chi connectivity index (χ3v) is 6.77. The number of nitrogens with one attached hydrogen (secondary N) is 2. The van der Waals surface area contributed by atoms with Gasteiger partial charge in [0.15, 0.2) is 0 Å². The zero-order chi connectivity index (χ0) is 24.2. The van der Waals surface area contributed by atoms with Crippen molar-refractivity contribution in [3.8, 4) is 5.69 Å². The zero-order valence-electron chi connectivity index (χ0n) is 20.0. The number of hydrogen-bond acceptors (Lipinski definition) is 3. The Morgan fingerprint density at radius 3 is 2.20 bits per heavy atom. The molecule has 5 rings (SSSR count). The summed E-state index contributed by atoms with van der Waals surface area (Å²) in [4.78, 5) is 27.7. The third-order valence-electron chi connectivity index (χ3n) is 6.77. The van der Waals surface area contributed by atoms with Crippen LogP contribution in [-0.4, -0.2) is 17.0 Å². The molecule has 1 atom stereocenters. The topological polar surface area (TPSA) is 63.1 Å². The summed E-state index contributed by atoms with van der Waals surface area (Å²) in [5, 5.41) is 8.01. The van der Waals surface area contributed by atoms with Gasteiger partial charge in [0, 0.05) is 23.0 Å². The minimum absolute atomic E-state index is 0.110. The Labute approximate surface area is 205 Å². The van der Waals surface area contributed by atoms with Crippen molar-refractivity contribution in [2.75, 3.05) is 6.54 Å². The van der Waals surface area contributed by atoms with Gasteiger partial charge in [0.1, 0.15) is 0 Å². The Morgan fingerprint density at radius 2 is 1.54 bits per heavy atom. The van der Waals surface area contributed by atoms with Gasteiger partial charge in [-0.2, -0.15) is 0 Å². The Balaban J connectivity index is 1.66. The summed E-state index contributed by atoms with van der Waals surface area (Å²) in [6.07, 6.45) is 3.24. The summed E-state index contributed by atoms with van der Waals surface area (Å²) >= 11 is 0. The number of pyridine rings is 1. The van der Waals surface area contributed by atoms with Crippen LogP contribution < -0.4 is 16.2 Å². The van der Waals surface area contributed by atoms with Gasteiger partial charge in [-0.15, -0.1) is 0 Å². The summed E-state index contributed by atoms with van der Waals surface area (Å²) in [6, 6.07) is 26.9. The van der Waals surface area contributed by atoms with Crippen LogP contribution in [0.4, 0.5) is 0 Å². The van der Waals surface area contributed by atoms with Crippen molar-refractivity contribution in [3.05, 3.63) is 112 Å². The molecule has 35 heavy (non-hydrogen) atoms. The van der Waals surface area contributed by atoms with Gasteiger partial charge in [0.25, 0.3) is 11.5 Å². The molecular weight excluding hydrogens is 434 g/mol. The van der Waals surface area contributed by atoms with E-state index in [-0.39, 0.29) is 17.5 Å². The van der Waals surface area contributed by atoms with E-state index < -0.39 is 0 Å². The molecule has 1 amide bonds. The van der Waals surface area contributed by atoms with Gasteiger partial charge in [0.05, 0.1) is 17.3 Å². The number of carbonyl (C=O) groups excluding carboxylic acids is 1. The second kappa shape index (κ2) is 10.3. The van der Waals surface area contributed by atoms with Gasteiger partial charge in [-0.1, -0.05) is 73.7 Å². The maximum Gasteiger partial charge on any atom is 0.263 e. The van der Waals surface area contributed by atoms with Crippen LogP contribution >= 0.6 is 0 Å². The summed E-state index contributed by atoms with van der Waals surface area (Å²) in [6.45, 7) is 3.40. The molecule has 0 radical (unpaired) electrons. The van der Waals surface area contributed by atoms with Crippen molar-refractivity contribution in [1.82, 2.24) is 15.2 Å².